The summed E-state index contributed by atoms with van der Waals surface area (Å²) in [5.74, 6) is -0.608. The summed E-state index contributed by atoms with van der Waals surface area (Å²) in [6.45, 7) is 1.74. The van der Waals surface area contributed by atoms with Gasteiger partial charge in [-0.25, -0.2) is 12.8 Å². The highest BCUT2D eigenvalue weighted by Crippen LogP contribution is 2.15. The molecule has 1 heterocycles. The van der Waals surface area contributed by atoms with Crippen LogP contribution in [0.25, 0.3) is 0 Å². The first kappa shape index (κ1) is 14.0. The molecule has 1 fully saturated rings. The molecule has 0 saturated carbocycles. The second kappa shape index (κ2) is 5.28. The molecule has 6 heteroatoms. The van der Waals surface area contributed by atoms with Crippen molar-refractivity contribution in [1.29, 1.82) is 0 Å². The van der Waals surface area contributed by atoms with Crippen molar-refractivity contribution in [3.05, 3.63) is 35.1 Å². The predicted octanol–water partition coefficient (Wildman–Crippen LogP) is 1.44. The van der Waals surface area contributed by atoms with Crippen molar-refractivity contribution in [3.8, 4) is 0 Å². The molecule has 1 saturated heterocycles. The third-order valence-electron chi connectivity index (χ3n) is 3.33. The van der Waals surface area contributed by atoms with Gasteiger partial charge in [0.25, 0.3) is 5.91 Å². The van der Waals surface area contributed by atoms with Crippen molar-refractivity contribution in [1.82, 2.24) is 5.32 Å². The van der Waals surface area contributed by atoms with Gasteiger partial charge >= 0.3 is 0 Å². The molecule has 4 nitrogen and oxygen atoms in total. The van der Waals surface area contributed by atoms with Gasteiger partial charge in [-0.2, -0.15) is 0 Å². The van der Waals surface area contributed by atoms with E-state index in [-0.39, 0.29) is 23.5 Å². The van der Waals surface area contributed by atoms with Gasteiger partial charge in [0.05, 0.1) is 11.5 Å². The fourth-order valence-electron chi connectivity index (χ4n) is 2.14. The summed E-state index contributed by atoms with van der Waals surface area (Å²) in [5, 5.41) is 2.77. The van der Waals surface area contributed by atoms with Crippen LogP contribution >= 0.6 is 0 Å². The third-order valence-corrected chi connectivity index (χ3v) is 5.05. The van der Waals surface area contributed by atoms with Crippen LogP contribution in [-0.4, -0.2) is 31.9 Å². The van der Waals surface area contributed by atoms with E-state index in [1.807, 2.05) is 0 Å². The fraction of sp³-hybridized carbons (Fsp3) is 0.462. The van der Waals surface area contributed by atoms with Crippen LogP contribution in [0, 0.1) is 12.7 Å². The molecule has 0 unspecified atom stereocenters. The maximum atomic E-state index is 13.1. The minimum atomic E-state index is -2.94. The Kier molecular flexibility index (Phi) is 3.89. The maximum Gasteiger partial charge on any atom is 0.251 e. The summed E-state index contributed by atoms with van der Waals surface area (Å²) in [6.07, 6.45) is 0.838. The van der Waals surface area contributed by atoms with Crippen LogP contribution in [0.3, 0.4) is 0 Å². The summed E-state index contributed by atoms with van der Waals surface area (Å²) in [7, 11) is -2.94. The second-order valence-corrected chi connectivity index (χ2v) is 7.16. The molecule has 0 radical (unpaired) electrons. The number of rotatable bonds is 2. The summed E-state index contributed by atoms with van der Waals surface area (Å²) in [4.78, 5) is 12.0. The number of nitrogens with one attached hydrogen (secondary N) is 1. The van der Waals surface area contributed by atoms with E-state index in [9.17, 15) is 17.6 Å². The summed E-state index contributed by atoms with van der Waals surface area (Å²) in [6, 6.07) is 3.90. The Bertz CT molecular complexity index is 584. The van der Waals surface area contributed by atoms with E-state index in [4.69, 9.17) is 0 Å². The standard InChI is InChI=1S/C13H16FNO3S/c1-9-2-3-10(14)8-12(9)13(16)15-11-4-6-19(17,18)7-5-11/h2-3,8,11H,4-7H2,1H3,(H,15,16). The smallest absolute Gasteiger partial charge is 0.251 e. The van der Waals surface area contributed by atoms with Crippen LogP contribution in [-0.2, 0) is 9.84 Å². The van der Waals surface area contributed by atoms with E-state index in [0.29, 0.717) is 24.0 Å². The van der Waals surface area contributed by atoms with Crippen molar-refractivity contribution in [2.75, 3.05) is 11.5 Å². The molecule has 1 aromatic carbocycles. The van der Waals surface area contributed by atoms with Crippen LogP contribution < -0.4 is 5.32 Å². The molecule has 0 atom stereocenters. The topological polar surface area (TPSA) is 63.2 Å². The molecule has 0 spiro atoms. The van der Waals surface area contributed by atoms with Crippen LogP contribution in [0.2, 0.25) is 0 Å². The fourth-order valence-corrected chi connectivity index (χ4v) is 3.63. The quantitative estimate of drug-likeness (QED) is 0.894. The summed E-state index contributed by atoms with van der Waals surface area (Å²) >= 11 is 0. The summed E-state index contributed by atoms with van der Waals surface area (Å²) < 4.78 is 35.7. The number of hydrogen-bond acceptors (Lipinski definition) is 3. The van der Waals surface area contributed by atoms with E-state index in [2.05, 4.69) is 5.32 Å². The Morgan fingerprint density at radius 1 is 1.32 bits per heavy atom. The highest BCUT2D eigenvalue weighted by Gasteiger charge is 2.25. The van der Waals surface area contributed by atoms with Crippen molar-refractivity contribution in [2.45, 2.75) is 25.8 Å². The van der Waals surface area contributed by atoms with E-state index >= 15 is 0 Å². The van der Waals surface area contributed by atoms with E-state index in [0.717, 1.165) is 0 Å². The van der Waals surface area contributed by atoms with Gasteiger partial charge in [-0.1, -0.05) is 6.07 Å². The normalized spacial score (nSPS) is 19.1. The first-order valence-electron chi connectivity index (χ1n) is 6.15. The Morgan fingerprint density at radius 2 is 1.95 bits per heavy atom. The number of hydrogen-bond donors (Lipinski definition) is 1. The Balaban J connectivity index is 2.04. The molecule has 1 amide bonds. The van der Waals surface area contributed by atoms with Crippen LogP contribution in [0.4, 0.5) is 4.39 Å². The number of sulfone groups is 1. The predicted molar refractivity (Wildman–Crippen MR) is 70.3 cm³/mol. The van der Waals surface area contributed by atoms with Gasteiger partial charge in [0, 0.05) is 11.6 Å². The second-order valence-electron chi connectivity index (χ2n) is 4.86. The van der Waals surface area contributed by atoms with Gasteiger partial charge < -0.3 is 5.32 Å². The minimum Gasteiger partial charge on any atom is -0.349 e. The van der Waals surface area contributed by atoms with Crippen LogP contribution in [0.1, 0.15) is 28.8 Å². The van der Waals surface area contributed by atoms with Gasteiger partial charge in [0.1, 0.15) is 15.7 Å². The third kappa shape index (κ3) is 3.53. The zero-order valence-corrected chi connectivity index (χ0v) is 11.5. The van der Waals surface area contributed by atoms with Gasteiger partial charge in [-0.15, -0.1) is 0 Å². The lowest BCUT2D eigenvalue weighted by molar-refractivity contribution is 0.0933. The Labute approximate surface area is 111 Å². The zero-order chi connectivity index (χ0) is 14.0. The highest BCUT2D eigenvalue weighted by atomic mass is 32.2. The molecular formula is C13H16FNO3S. The average molecular weight is 285 g/mol. The van der Waals surface area contributed by atoms with Crippen molar-refractivity contribution in [3.63, 3.8) is 0 Å². The van der Waals surface area contributed by atoms with Gasteiger partial charge in [0.2, 0.25) is 0 Å². The van der Waals surface area contributed by atoms with Gasteiger partial charge in [-0.3, -0.25) is 4.79 Å². The molecule has 0 aromatic heterocycles. The van der Waals surface area contributed by atoms with E-state index in [1.165, 1.54) is 12.1 Å². The van der Waals surface area contributed by atoms with Crippen LogP contribution in [0.15, 0.2) is 18.2 Å². The molecule has 104 valence electrons. The monoisotopic (exact) mass is 285 g/mol. The van der Waals surface area contributed by atoms with E-state index < -0.39 is 15.7 Å². The lowest BCUT2D eigenvalue weighted by Gasteiger charge is -2.23. The number of amides is 1. The number of carbonyl (C=O) groups is 1. The Hall–Kier alpha value is -1.43. The largest absolute Gasteiger partial charge is 0.349 e. The van der Waals surface area contributed by atoms with Gasteiger partial charge in [-0.05, 0) is 37.5 Å². The van der Waals surface area contributed by atoms with E-state index in [1.54, 1.807) is 13.0 Å². The maximum absolute atomic E-state index is 13.1. The molecular weight excluding hydrogens is 269 g/mol. The molecule has 2 rings (SSSR count). The molecule has 1 aliphatic heterocycles. The number of aryl methyl sites for hydroxylation is 1. The molecule has 1 aliphatic rings. The zero-order valence-electron chi connectivity index (χ0n) is 10.6. The van der Waals surface area contributed by atoms with Crippen LogP contribution in [0.5, 0.6) is 0 Å². The SMILES string of the molecule is Cc1ccc(F)cc1C(=O)NC1CCS(=O)(=O)CC1. The molecule has 1 N–H and O–H groups in total. The molecule has 0 aliphatic carbocycles. The Morgan fingerprint density at radius 3 is 2.58 bits per heavy atom. The van der Waals surface area contributed by atoms with Gasteiger partial charge in [0.15, 0.2) is 0 Å². The summed E-state index contributed by atoms with van der Waals surface area (Å²) in [5.41, 5.74) is 0.996. The highest BCUT2D eigenvalue weighted by molar-refractivity contribution is 7.91. The number of halogens is 1. The average Bonchev–Trinajstić information content (AvgIpc) is 2.35. The first-order chi connectivity index (χ1) is 8.87. The lowest BCUT2D eigenvalue weighted by Crippen LogP contribution is -2.41. The van der Waals surface area contributed by atoms with Crippen molar-refractivity contribution in [2.24, 2.45) is 0 Å². The molecule has 1 aromatic rings. The first-order valence-corrected chi connectivity index (χ1v) is 7.97. The van der Waals surface area contributed by atoms with Crippen molar-refractivity contribution < 1.29 is 17.6 Å². The number of benzene rings is 1. The van der Waals surface area contributed by atoms with Crippen molar-refractivity contribution >= 4 is 15.7 Å². The molecule has 19 heavy (non-hydrogen) atoms. The minimum absolute atomic E-state index is 0.0973. The molecule has 0 bridgehead atoms. The number of carbonyl (C=O) groups excluding carboxylic acids is 1. The lowest BCUT2D eigenvalue weighted by atomic mass is 10.1.